The maximum absolute atomic E-state index is 13.5. The first-order valence-corrected chi connectivity index (χ1v) is 12.7. The molecule has 0 radical (unpaired) electrons. The second kappa shape index (κ2) is 8.29. The van der Waals surface area contributed by atoms with Gasteiger partial charge >= 0.3 is 0 Å². The zero-order valence-corrected chi connectivity index (χ0v) is 19.4. The van der Waals surface area contributed by atoms with Crippen LogP contribution in [0.25, 0.3) is 5.69 Å². The molecule has 6 rings (SSSR count). The van der Waals surface area contributed by atoms with E-state index in [9.17, 15) is 18.0 Å². The number of nitrogens with zero attached hydrogens (tertiary/aromatic N) is 4. The number of amides is 2. The monoisotopic (exact) mass is 497 g/mol. The minimum Gasteiger partial charge on any atom is -0.375 e. The second-order valence-electron chi connectivity index (χ2n) is 8.85. The molecule has 0 spiro atoms. The van der Waals surface area contributed by atoms with Gasteiger partial charge in [-0.05, 0) is 12.1 Å². The van der Waals surface area contributed by atoms with E-state index in [1.54, 1.807) is 40.2 Å². The number of hydrogen-bond acceptors (Lipinski definition) is 7. The van der Waals surface area contributed by atoms with Crippen molar-refractivity contribution in [2.45, 2.75) is 24.1 Å². The number of nitrogens with one attached hydrogen (secondary N) is 3. The van der Waals surface area contributed by atoms with E-state index in [2.05, 4.69) is 25.0 Å². The average Bonchev–Trinajstić information content (AvgIpc) is 3.63. The SMILES string of the molecule is O=C(NCc1cnc[nH]1)[C@H]1CO[C@@H]2CN(C(=O)c3ncn4c3CNS(=O)(=O)c3ccccc3-4)C[C@H]12. The predicted octanol–water partition coefficient (Wildman–Crippen LogP) is -0.209. The van der Waals surface area contributed by atoms with Crippen molar-refractivity contribution in [2.75, 3.05) is 19.7 Å². The Morgan fingerprint density at radius 2 is 2.09 bits per heavy atom. The van der Waals surface area contributed by atoms with Crippen LogP contribution in [-0.2, 0) is 32.6 Å². The molecule has 3 atom stereocenters. The van der Waals surface area contributed by atoms with Crippen molar-refractivity contribution < 1.29 is 22.7 Å². The quantitative estimate of drug-likeness (QED) is 0.451. The molecule has 2 saturated heterocycles. The summed E-state index contributed by atoms with van der Waals surface area (Å²) in [5.74, 6) is -0.921. The van der Waals surface area contributed by atoms with Crippen LogP contribution in [-0.4, -0.2) is 70.5 Å². The number of aromatic amines is 1. The van der Waals surface area contributed by atoms with E-state index < -0.39 is 10.0 Å². The van der Waals surface area contributed by atoms with Gasteiger partial charge in [0.05, 0.1) is 55.1 Å². The highest BCUT2D eigenvalue weighted by Crippen LogP contribution is 2.35. The largest absolute Gasteiger partial charge is 0.375 e. The summed E-state index contributed by atoms with van der Waals surface area (Å²) in [6.45, 7) is 1.30. The van der Waals surface area contributed by atoms with Gasteiger partial charge in [-0.25, -0.2) is 23.1 Å². The molecule has 2 fully saturated rings. The van der Waals surface area contributed by atoms with Crippen molar-refractivity contribution in [3.8, 4) is 5.69 Å². The van der Waals surface area contributed by atoms with Crippen molar-refractivity contribution in [1.29, 1.82) is 0 Å². The zero-order chi connectivity index (χ0) is 24.2. The van der Waals surface area contributed by atoms with Crippen molar-refractivity contribution in [3.63, 3.8) is 0 Å². The Kier molecular flexibility index (Phi) is 5.20. The van der Waals surface area contributed by atoms with Gasteiger partial charge < -0.3 is 19.9 Å². The average molecular weight is 498 g/mol. The Labute approximate surface area is 200 Å². The Morgan fingerprint density at radius 3 is 2.91 bits per heavy atom. The number of carbonyl (C=O) groups is 2. The summed E-state index contributed by atoms with van der Waals surface area (Å²) in [6.07, 6.45) is 4.44. The standard InChI is InChI=1S/C22H23N7O5S/c30-21(24-6-13-5-23-11-25-13)15-10-34-18-9-28(8-14(15)18)22(31)20-17-7-27-35(32,33)19-4-2-1-3-16(19)29(17)12-26-20/h1-5,11-12,14-15,18,27H,6-10H2,(H,23,25)(H,24,30)/t14-,15+,18-/m1/s1. The molecule has 13 heteroatoms. The van der Waals surface area contributed by atoms with Crippen molar-refractivity contribution in [2.24, 2.45) is 11.8 Å². The van der Waals surface area contributed by atoms with Crippen LogP contribution in [0.4, 0.5) is 0 Å². The topological polar surface area (TPSA) is 151 Å². The van der Waals surface area contributed by atoms with E-state index in [1.165, 1.54) is 12.4 Å². The molecule has 3 N–H and O–H groups in total. The number of likely N-dealkylation sites (tertiary alicyclic amines) is 1. The fraction of sp³-hybridized carbons (Fsp3) is 0.364. The third kappa shape index (κ3) is 3.72. The summed E-state index contributed by atoms with van der Waals surface area (Å²) in [5.41, 5.74) is 1.89. The van der Waals surface area contributed by atoms with Crippen LogP contribution in [0.5, 0.6) is 0 Å². The summed E-state index contributed by atoms with van der Waals surface area (Å²) >= 11 is 0. The van der Waals surface area contributed by atoms with Crippen LogP contribution in [0.3, 0.4) is 0 Å². The van der Waals surface area contributed by atoms with Crippen LogP contribution in [0.15, 0.2) is 48.0 Å². The van der Waals surface area contributed by atoms with Crippen LogP contribution in [0.2, 0.25) is 0 Å². The molecule has 0 aliphatic carbocycles. The molecule has 0 saturated carbocycles. The molecule has 2 amide bonds. The first kappa shape index (κ1) is 21.9. The first-order valence-electron chi connectivity index (χ1n) is 11.2. The number of imidazole rings is 2. The number of para-hydroxylation sites is 1. The molecular weight excluding hydrogens is 474 g/mol. The number of carbonyl (C=O) groups excluding carboxylic acids is 2. The number of fused-ring (bicyclic) bond motifs is 4. The first-order chi connectivity index (χ1) is 16.9. The zero-order valence-electron chi connectivity index (χ0n) is 18.5. The van der Waals surface area contributed by atoms with E-state index in [-0.39, 0.29) is 46.9 Å². The lowest BCUT2D eigenvalue weighted by Crippen LogP contribution is -2.37. The van der Waals surface area contributed by atoms with Gasteiger partial charge in [0.2, 0.25) is 15.9 Å². The summed E-state index contributed by atoms with van der Waals surface area (Å²) in [4.78, 5) is 39.2. The Morgan fingerprint density at radius 1 is 1.23 bits per heavy atom. The van der Waals surface area contributed by atoms with E-state index in [0.717, 1.165) is 5.69 Å². The molecule has 0 unspecified atom stereocenters. The van der Waals surface area contributed by atoms with Crippen LogP contribution >= 0.6 is 0 Å². The number of rotatable bonds is 4. The number of benzene rings is 1. The van der Waals surface area contributed by atoms with Gasteiger partial charge in [-0.15, -0.1) is 0 Å². The predicted molar refractivity (Wildman–Crippen MR) is 121 cm³/mol. The van der Waals surface area contributed by atoms with E-state index >= 15 is 0 Å². The molecule has 2 aromatic heterocycles. The molecule has 0 bridgehead atoms. The highest BCUT2D eigenvalue weighted by Gasteiger charge is 2.48. The summed E-state index contributed by atoms with van der Waals surface area (Å²) in [6, 6.07) is 6.59. The van der Waals surface area contributed by atoms with Gasteiger partial charge in [-0.2, -0.15) is 0 Å². The third-order valence-electron chi connectivity index (χ3n) is 6.86. The summed E-state index contributed by atoms with van der Waals surface area (Å²) < 4.78 is 35.4. The van der Waals surface area contributed by atoms with Crippen LogP contribution < -0.4 is 10.0 Å². The number of aromatic nitrogens is 4. The van der Waals surface area contributed by atoms with E-state index in [0.29, 0.717) is 37.6 Å². The van der Waals surface area contributed by atoms with Gasteiger partial charge in [0, 0.05) is 25.2 Å². The molecule has 3 aliphatic heterocycles. The lowest BCUT2D eigenvalue weighted by molar-refractivity contribution is -0.126. The van der Waals surface area contributed by atoms with Gasteiger partial charge in [0.15, 0.2) is 5.69 Å². The Balaban J connectivity index is 1.20. The lowest BCUT2D eigenvalue weighted by Gasteiger charge is -2.19. The maximum atomic E-state index is 13.5. The maximum Gasteiger partial charge on any atom is 0.274 e. The fourth-order valence-electron chi connectivity index (χ4n) is 5.05. The molecule has 5 heterocycles. The molecule has 3 aromatic rings. The summed E-state index contributed by atoms with van der Waals surface area (Å²) in [5, 5.41) is 2.90. The lowest BCUT2D eigenvalue weighted by atomic mass is 9.92. The smallest absolute Gasteiger partial charge is 0.274 e. The molecule has 1 aromatic carbocycles. The third-order valence-corrected chi connectivity index (χ3v) is 8.31. The minimum absolute atomic E-state index is 0.0616. The highest BCUT2D eigenvalue weighted by atomic mass is 32.2. The molecule has 35 heavy (non-hydrogen) atoms. The molecule has 3 aliphatic rings. The highest BCUT2D eigenvalue weighted by molar-refractivity contribution is 7.89. The number of ether oxygens (including phenoxy) is 1. The minimum atomic E-state index is -3.72. The van der Waals surface area contributed by atoms with Gasteiger partial charge in [0.1, 0.15) is 11.2 Å². The van der Waals surface area contributed by atoms with Gasteiger partial charge in [-0.1, -0.05) is 12.1 Å². The van der Waals surface area contributed by atoms with Crippen LogP contribution in [0, 0.1) is 11.8 Å². The summed E-state index contributed by atoms with van der Waals surface area (Å²) in [7, 11) is -3.72. The van der Waals surface area contributed by atoms with Gasteiger partial charge in [-0.3, -0.25) is 14.2 Å². The van der Waals surface area contributed by atoms with Crippen molar-refractivity contribution in [3.05, 3.63) is 60.2 Å². The molecule has 12 nitrogen and oxygen atoms in total. The second-order valence-corrected chi connectivity index (χ2v) is 10.6. The Hall–Kier alpha value is -3.55. The normalized spacial score (nSPS) is 24.3. The van der Waals surface area contributed by atoms with E-state index in [1.807, 2.05) is 0 Å². The number of hydrogen-bond donors (Lipinski definition) is 3. The van der Waals surface area contributed by atoms with Crippen LogP contribution in [0.1, 0.15) is 21.9 Å². The van der Waals surface area contributed by atoms with Crippen molar-refractivity contribution >= 4 is 21.8 Å². The van der Waals surface area contributed by atoms with Gasteiger partial charge in [0.25, 0.3) is 5.91 Å². The molecular formula is C22H23N7O5S. The Bertz CT molecular complexity index is 1400. The van der Waals surface area contributed by atoms with E-state index in [4.69, 9.17) is 4.74 Å². The van der Waals surface area contributed by atoms with Crippen molar-refractivity contribution in [1.82, 2.24) is 34.5 Å². The number of sulfonamides is 1. The fourth-order valence-corrected chi connectivity index (χ4v) is 6.23. The number of H-pyrrole nitrogens is 1. The molecule has 182 valence electrons.